The maximum absolute atomic E-state index is 12.9. The Labute approximate surface area is 161 Å². The Morgan fingerprint density at radius 2 is 1.79 bits per heavy atom. The Morgan fingerprint density at radius 1 is 1.17 bits per heavy atom. The molecule has 3 rings (SSSR count). The van der Waals surface area contributed by atoms with Gasteiger partial charge in [0.2, 0.25) is 0 Å². The van der Waals surface area contributed by atoms with Crippen molar-refractivity contribution in [3.05, 3.63) is 35.9 Å². The minimum Gasteiger partial charge on any atom is -1.00 e. The molecule has 1 aliphatic heterocycles. The van der Waals surface area contributed by atoms with E-state index >= 15 is 0 Å². The first-order chi connectivity index (χ1) is 10.9. The smallest absolute Gasteiger partial charge is 0.343 e. The first kappa shape index (κ1) is 19.7. The molecule has 2 fully saturated rings. The number of likely N-dealkylation sites (N-methyl/N-ethyl adjacent to an activating group) is 1. The molecule has 0 amide bonds. The van der Waals surface area contributed by atoms with Crippen molar-refractivity contribution >= 4 is 5.97 Å². The third-order valence-corrected chi connectivity index (χ3v) is 5.50. The van der Waals surface area contributed by atoms with E-state index in [1.165, 1.54) is 0 Å². The highest BCUT2D eigenvalue weighted by atomic mass is 127. The number of aliphatic hydroxyl groups is 1. The number of halogens is 1. The highest BCUT2D eigenvalue weighted by Crippen LogP contribution is 2.42. The Bertz CT molecular complexity index is 557. The first-order valence-corrected chi connectivity index (χ1v) is 8.73. The number of carbonyl (C=O) groups is 1. The standard InChI is InChI=1S/C19H28NO3.HI/c1-20(2)13-12-17(14-20)23-18(21)19(22,16-10-6-7-11-16)15-8-4-3-5-9-15;/h3-5,8-9,16-17,22H,6-7,10-14H2,1-2H3;1H/q+1;/p-1/t17-,19-;/m0./s1. The number of likely N-dealkylation sites (tertiary alicyclic amines) is 1. The summed E-state index contributed by atoms with van der Waals surface area (Å²) in [6.45, 7) is 1.83. The largest absolute Gasteiger partial charge is 1.00 e. The summed E-state index contributed by atoms with van der Waals surface area (Å²) in [5, 5.41) is 11.4. The molecule has 0 aromatic heterocycles. The van der Waals surface area contributed by atoms with Gasteiger partial charge in [0.05, 0.1) is 20.6 Å². The van der Waals surface area contributed by atoms with Gasteiger partial charge in [-0.15, -0.1) is 0 Å². The van der Waals surface area contributed by atoms with E-state index in [1.54, 1.807) is 0 Å². The van der Waals surface area contributed by atoms with Crippen LogP contribution in [0.25, 0.3) is 0 Å². The zero-order chi connectivity index (χ0) is 16.5. The Morgan fingerprint density at radius 3 is 2.33 bits per heavy atom. The van der Waals surface area contributed by atoms with Crippen LogP contribution in [-0.2, 0) is 15.1 Å². The summed E-state index contributed by atoms with van der Waals surface area (Å²) in [4.78, 5) is 12.9. The van der Waals surface area contributed by atoms with E-state index in [0.717, 1.165) is 49.7 Å². The molecule has 5 heteroatoms. The van der Waals surface area contributed by atoms with Gasteiger partial charge in [0.25, 0.3) is 0 Å². The average molecular weight is 445 g/mol. The Balaban J connectivity index is 0.00000208. The molecule has 1 aromatic carbocycles. The molecule has 1 heterocycles. The van der Waals surface area contributed by atoms with E-state index in [4.69, 9.17) is 4.74 Å². The van der Waals surface area contributed by atoms with Crippen molar-refractivity contribution in [3.8, 4) is 0 Å². The molecule has 0 bridgehead atoms. The molecule has 0 spiro atoms. The van der Waals surface area contributed by atoms with Crippen LogP contribution >= 0.6 is 0 Å². The molecule has 24 heavy (non-hydrogen) atoms. The fourth-order valence-corrected chi connectivity index (χ4v) is 4.12. The van der Waals surface area contributed by atoms with Crippen LogP contribution in [-0.4, -0.2) is 48.8 Å². The summed E-state index contributed by atoms with van der Waals surface area (Å²) in [7, 11) is 4.29. The summed E-state index contributed by atoms with van der Waals surface area (Å²) in [5.41, 5.74) is -0.832. The van der Waals surface area contributed by atoms with E-state index in [-0.39, 0.29) is 36.0 Å². The SMILES string of the molecule is C[N+]1(C)CC[C@H](OC(=O)[C@](O)(c2ccccc2)C2CCCC2)C1.[I-]. The fourth-order valence-electron chi connectivity index (χ4n) is 4.12. The number of benzene rings is 1. The minimum absolute atomic E-state index is 0. The number of carbonyl (C=O) groups excluding carboxylic acids is 1. The minimum atomic E-state index is -1.50. The van der Waals surface area contributed by atoms with Crippen molar-refractivity contribution in [1.29, 1.82) is 0 Å². The van der Waals surface area contributed by atoms with Crippen LogP contribution < -0.4 is 24.0 Å². The van der Waals surface area contributed by atoms with Crippen LogP contribution in [0.1, 0.15) is 37.7 Å². The molecule has 1 saturated carbocycles. The molecule has 4 nitrogen and oxygen atoms in total. The van der Waals surface area contributed by atoms with Crippen LogP contribution in [0.15, 0.2) is 30.3 Å². The molecule has 2 aliphatic rings. The molecule has 1 aliphatic carbocycles. The molecule has 1 aromatic rings. The van der Waals surface area contributed by atoms with Gasteiger partial charge in [-0.05, 0) is 18.4 Å². The lowest BCUT2D eigenvalue weighted by molar-refractivity contribution is -0.879. The van der Waals surface area contributed by atoms with Gasteiger partial charge < -0.3 is 38.3 Å². The first-order valence-electron chi connectivity index (χ1n) is 8.73. The molecule has 0 unspecified atom stereocenters. The predicted molar refractivity (Wildman–Crippen MR) is 88.6 cm³/mol. The number of esters is 1. The van der Waals surface area contributed by atoms with Gasteiger partial charge in [0.1, 0.15) is 6.54 Å². The molecule has 1 N–H and O–H groups in total. The lowest BCUT2D eigenvalue weighted by Gasteiger charge is -2.33. The molecule has 134 valence electrons. The van der Waals surface area contributed by atoms with Gasteiger partial charge >= 0.3 is 5.97 Å². The average Bonchev–Trinajstić information content (AvgIpc) is 3.17. The van der Waals surface area contributed by atoms with Gasteiger partial charge in [-0.2, -0.15) is 0 Å². The van der Waals surface area contributed by atoms with Gasteiger partial charge in [-0.3, -0.25) is 0 Å². The predicted octanol–water partition coefficient (Wildman–Crippen LogP) is -0.540. The quantitative estimate of drug-likeness (QED) is 0.385. The number of nitrogens with zero attached hydrogens (tertiary/aromatic N) is 1. The third kappa shape index (κ3) is 3.94. The van der Waals surface area contributed by atoms with E-state index in [0.29, 0.717) is 5.56 Å². The molecular weight excluding hydrogens is 417 g/mol. The van der Waals surface area contributed by atoms with E-state index < -0.39 is 11.6 Å². The lowest BCUT2D eigenvalue weighted by Crippen LogP contribution is -3.00. The zero-order valence-corrected chi connectivity index (χ0v) is 16.7. The van der Waals surface area contributed by atoms with Crippen molar-refractivity contribution in [2.75, 3.05) is 27.2 Å². The monoisotopic (exact) mass is 445 g/mol. The summed E-state index contributed by atoms with van der Waals surface area (Å²) < 4.78 is 6.64. The number of quaternary nitrogens is 1. The molecule has 1 saturated heterocycles. The lowest BCUT2D eigenvalue weighted by atomic mass is 9.80. The van der Waals surface area contributed by atoms with Crippen molar-refractivity contribution in [3.63, 3.8) is 0 Å². The summed E-state index contributed by atoms with van der Waals surface area (Å²) >= 11 is 0. The van der Waals surface area contributed by atoms with E-state index in [9.17, 15) is 9.90 Å². The Hall–Kier alpha value is -0.660. The second-order valence-electron chi connectivity index (χ2n) is 7.77. The van der Waals surface area contributed by atoms with Crippen LogP contribution in [0.4, 0.5) is 0 Å². The molecule has 2 atom stereocenters. The van der Waals surface area contributed by atoms with Crippen LogP contribution in [0.2, 0.25) is 0 Å². The highest BCUT2D eigenvalue weighted by Gasteiger charge is 2.49. The maximum atomic E-state index is 12.9. The van der Waals surface area contributed by atoms with Crippen LogP contribution in [0, 0.1) is 5.92 Å². The van der Waals surface area contributed by atoms with Crippen LogP contribution in [0.5, 0.6) is 0 Å². The summed E-state index contributed by atoms with van der Waals surface area (Å²) in [5.74, 6) is -0.496. The van der Waals surface area contributed by atoms with Crippen molar-refractivity contribution in [1.82, 2.24) is 0 Å². The van der Waals surface area contributed by atoms with Gasteiger partial charge in [-0.1, -0.05) is 43.2 Å². The number of rotatable bonds is 4. The highest BCUT2D eigenvalue weighted by molar-refractivity contribution is 5.81. The number of hydrogen-bond acceptors (Lipinski definition) is 3. The van der Waals surface area contributed by atoms with Gasteiger partial charge in [0, 0.05) is 12.3 Å². The zero-order valence-electron chi connectivity index (χ0n) is 14.6. The summed E-state index contributed by atoms with van der Waals surface area (Å²) in [6.07, 6.45) is 4.68. The van der Waals surface area contributed by atoms with E-state index in [2.05, 4.69) is 14.1 Å². The van der Waals surface area contributed by atoms with E-state index in [1.807, 2.05) is 30.3 Å². The van der Waals surface area contributed by atoms with Crippen molar-refractivity contribution in [2.24, 2.45) is 5.92 Å². The normalized spacial score (nSPS) is 25.7. The fraction of sp³-hybridized carbons (Fsp3) is 0.632. The van der Waals surface area contributed by atoms with Gasteiger partial charge in [0.15, 0.2) is 11.7 Å². The number of hydrogen-bond donors (Lipinski definition) is 1. The second kappa shape index (κ2) is 7.70. The number of ether oxygens (including phenoxy) is 1. The molecule has 0 radical (unpaired) electrons. The van der Waals surface area contributed by atoms with Crippen LogP contribution in [0.3, 0.4) is 0 Å². The third-order valence-electron chi connectivity index (χ3n) is 5.50. The van der Waals surface area contributed by atoms with Crippen molar-refractivity contribution < 1.29 is 43.1 Å². The topological polar surface area (TPSA) is 46.5 Å². The second-order valence-corrected chi connectivity index (χ2v) is 7.77. The molecular formula is C19H28INO3. The summed E-state index contributed by atoms with van der Waals surface area (Å²) in [6, 6.07) is 9.33. The maximum Gasteiger partial charge on any atom is 0.343 e. The van der Waals surface area contributed by atoms with Gasteiger partial charge in [-0.25, -0.2) is 4.79 Å². The van der Waals surface area contributed by atoms with Crippen molar-refractivity contribution in [2.45, 2.75) is 43.8 Å². The Kier molecular flexibility index (Phi) is 6.31.